The SMILES string of the molecule is CCCCOc1ccc(/C=N\NC(=O)[C@H](Cc2ccccc2)NC(=O)[C@H](C)Oc2ccc(Cl)cc2Cl)cc1OC. The maximum Gasteiger partial charge on any atom is 0.262 e. The lowest BCUT2D eigenvalue weighted by Crippen LogP contribution is -2.50. The fourth-order valence-electron chi connectivity index (χ4n) is 3.62. The lowest BCUT2D eigenvalue weighted by molar-refractivity contribution is -0.132. The average molecular weight is 587 g/mol. The number of hydrogen-bond donors (Lipinski definition) is 2. The van der Waals surface area contributed by atoms with Gasteiger partial charge < -0.3 is 19.5 Å². The van der Waals surface area contributed by atoms with Crippen LogP contribution >= 0.6 is 23.2 Å². The molecule has 40 heavy (non-hydrogen) atoms. The topological polar surface area (TPSA) is 98.2 Å². The Hall–Kier alpha value is -3.75. The minimum Gasteiger partial charge on any atom is -0.493 e. The number of amides is 2. The largest absolute Gasteiger partial charge is 0.493 e. The highest BCUT2D eigenvalue weighted by Gasteiger charge is 2.25. The molecule has 3 rings (SSSR count). The molecule has 0 bridgehead atoms. The number of hydrogen-bond acceptors (Lipinski definition) is 6. The molecule has 0 aromatic heterocycles. The Balaban J connectivity index is 1.67. The maximum atomic E-state index is 13.1. The normalized spacial score (nSPS) is 12.4. The summed E-state index contributed by atoms with van der Waals surface area (Å²) in [5, 5.41) is 7.57. The average Bonchev–Trinajstić information content (AvgIpc) is 2.95. The second-order valence-corrected chi connectivity index (χ2v) is 9.78. The number of hydrazone groups is 1. The van der Waals surface area contributed by atoms with Crippen molar-refractivity contribution >= 4 is 41.2 Å². The molecular formula is C30H33Cl2N3O5. The van der Waals surface area contributed by atoms with Gasteiger partial charge in [0.05, 0.1) is 25.0 Å². The van der Waals surface area contributed by atoms with E-state index in [1.165, 1.54) is 12.3 Å². The Morgan fingerprint density at radius 3 is 2.42 bits per heavy atom. The van der Waals surface area contributed by atoms with Crippen LogP contribution in [0.1, 0.15) is 37.8 Å². The maximum absolute atomic E-state index is 13.1. The summed E-state index contributed by atoms with van der Waals surface area (Å²) >= 11 is 12.1. The van der Waals surface area contributed by atoms with E-state index in [1.807, 2.05) is 36.4 Å². The number of ether oxygens (including phenoxy) is 3. The third-order valence-corrected chi connectivity index (χ3v) is 6.34. The molecule has 2 N–H and O–H groups in total. The molecule has 10 heteroatoms. The van der Waals surface area contributed by atoms with Crippen molar-refractivity contribution in [3.8, 4) is 17.2 Å². The Kier molecular flexibility index (Phi) is 12.1. The minimum atomic E-state index is -0.932. The van der Waals surface area contributed by atoms with Crippen LogP contribution in [0, 0.1) is 0 Å². The smallest absolute Gasteiger partial charge is 0.262 e. The number of nitrogens with one attached hydrogen (secondary N) is 2. The van der Waals surface area contributed by atoms with Gasteiger partial charge in [0.15, 0.2) is 17.6 Å². The van der Waals surface area contributed by atoms with Gasteiger partial charge in [-0.1, -0.05) is 66.9 Å². The number of carbonyl (C=O) groups excluding carboxylic acids is 2. The van der Waals surface area contributed by atoms with Crippen LogP contribution in [0.5, 0.6) is 17.2 Å². The van der Waals surface area contributed by atoms with Crippen LogP contribution in [-0.4, -0.2) is 43.9 Å². The molecule has 0 heterocycles. The molecule has 0 spiro atoms. The van der Waals surface area contributed by atoms with E-state index in [0.717, 1.165) is 18.4 Å². The van der Waals surface area contributed by atoms with Gasteiger partial charge in [0.2, 0.25) is 0 Å². The highest BCUT2D eigenvalue weighted by molar-refractivity contribution is 6.35. The molecule has 0 radical (unpaired) electrons. The zero-order valence-electron chi connectivity index (χ0n) is 22.7. The molecule has 0 aliphatic carbocycles. The number of methoxy groups -OCH3 is 1. The Morgan fingerprint density at radius 1 is 0.975 bits per heavy atom. The van der Waals surface area contributed by atoms with Gasteiger partial charge in [0.1, 0.15) is 11.8 Å². The first-order chi connectivity index (χ1) is 19.3. The predicted octanol–water partition coefficient (Wildman–Crippen LogP) is 5.83. The van der Waals surface area contributed by atoms with E-state index < -0.39 is 24.0 Å². The summed E-state index contributed by atoms with van der Waals surface area (Å²) in [6.07, 6.45) is 2.78. The van der Waals surface area contributed by atoms with Gasteiger partial charge in [-0.2, -0.15) is 5.10 Å². The third-order valence-electron chi connectivity index (χ3n) is 5.81. The lowest BCUT2D eigenvalue weighted by atomic mass is 10.1. The molecule has 3 aromatic rings. The molecule has 2 atom stereocenters. The Morgan fingerprint density at radius 2 is 1.73 bits per heavy atom. The molecule has 8 nitrogen and oxygen atoms in total. The van der Waals surface area contributed by atoms with Gasteiger partial charge in [-0.05, 0) is 60.9 Å². The number of unbranched alkanes of at least 4 members (excludes halogenated alkanes) is 1. The molecule has 212 valence electrons. The summed E-state index contributed by atoms with van der Waals surface area (Å²) in [6, 6.07) is 18.5. The third kappa shape index (κ3) is 9.47. The van der Waals surface area contributed by atoms with Crippen molar-refractivity contribution in [2.45, 2.75) is 45.3 Å². The second-order valence-electron chi connectivity index (χ2n) is 8.93. The van der Waals surface area contributed by atoms with Crippen LogP contribution in [0.2, 0.25) is 10.0 Å². The van der Waals surface area contributed by atoms with Crippen LogP contribution in [0.15, 0.2) is 71.8 Å². The molecular weight excluding hydrogens is 553 g/mol. The zero-order valence-corrected chi connectivity index (χ0v) is 24.2. The highest BCUT2D eigenvalue weighted by Crippen LogP contribution is 2.29. The molecule has 3 aromatic carbocycles. The van der Waals surface area contributed by atoms with Crippen LogP contribution in [0.4, 0.5) is 0 Å². The first kappa shape index (κ1) is 30.8. The quantitative estimate of drug-likeness (QED) is 0.141. The first-order valence-electron chi connectivity index (χ1n) is 12.9. The summed E-state index contributed by atoms with van der Waals surface area (Å²) in [6.45, 7) is 4.26. The number of nitrogens with zero attached hydrogens (tertiary/aromatic N) is 1. The zero-order chi connectivity index (χ0) is 28.9. The molecule has 0 saturated heterocycles. The summed E-state index contributed by atoms with van der Waals surface area (Å²) in [5.41, 5.74) is 4.09. The van der Waals surface area contributed by atoms with Crippen molar-refractivity contribution in [1.29, 1.82) is 0 Å². The van der Waals surface area contributed by atoms with Gasteiger partial charge in [-0.15, -0.1) is 0 Å². The molecule has 0 aliphatic rings. The van der Waals surface area contributed by atoms with E-state index in [9.17, 15) is 9.59 Å². The van der Waals surface area contributed by atoms with E-state index in [2.05, 4.69) is 22.8 Å². The highest BCUT2D eigenvalue weighted by atomic mass is 35.5. The van der Waals surface area contributed by atoms with Crippen molar-refractivity contribution < 1.29 is 23.8 Å². The minimum absolute atomic E-state index is 0.250. The number of benzene rings is 3. The van der Waals surface area contributed by atoms with E-state index in [4.69, 9.17) is 37.4 Å². The van der Waals surface area contributed by atoms with E-state index >= 15 is 0 Å². The van der Waals surface area contributed by atoms with Crippen molar-refractivity contribution in [3.05, 3.63) is 87.9 Å². The van der Waals surface area contributed by atoms with Gasteiger partial charge in [-0.25, -0.2) is 5.43 Å². The number of halogens is 2. The fourth-order valence-corrected chi connectivity index (χ4v) is 4.07. The summed E-state index contributed by atoms with van der Waals surface area (Å²) in [5.74, 6) is 0.528. The van der Waals surface area contributed by atoms with Crippen LogP contribution in [0.25, 0.3) is 0 Å². The molecule has 0 saturated carbocycles. The van der Waals surface area contributed by atoms with Gasteiger partial charge >= 0.3 is 0 Å². The summed E-state index contributed by atoms with van der Waals surface area (Å²) in [4.78, 5) is 26.1. The van der Waals surface area contributed by atoms with E-state index in [0.29, 0.717) is 34.4 Å². The van der Waals surface area contributed by atoms with Crippen molar-refractivity contribution in [1.82, 2.24) is 10.7 Å². The lowest BCUT2D eigenvalue weighted by Gasteiger charge is -2.21. The van der Waals surface area contributed by atoms with Crippen molar-refractivity contribution in [2.75, 3.05) is 13.7 Å². The number of carbonyl (C=O) groups is 2. The van der Waals surface area contributed by atoms with E-state index in [-0.39, 0.29) is 11.4 Å². The monoisotopic (exact) mass is 585 g/mol. The van der Waals surface area contributed by atoms with Gasteiger partial charge in [-0.3, -0.25) is 9.59 Å². The standard InChI is InChI=1S/C30H33Cl2N3O5/c1-4-5-15-39-27-13-11-22(17-28(27)38-3)19-33-35-30(37)25(16-21-9-7-6-8-10-21)34-29(36)20(2)40-26-14-12-23(31)18-24(26)32/h6-14,17-20,25H,4-5,15-16H2,1-3H3,(H,34,36)(H,35,37)/b33-19-/t20-,25-/m0/s1. The second kappa shape index (κ2) is 15.7. The molecule has 0 aliphatic heterocycles. The Labute approximate surface area is 244 Å². The van der Waals surface area contributed by atoms with Crippen molar-refractivity contribution in [2.24, 2.45) is 5.10 Å². The van der Waals surface area contributed by atoms with Gasteiger partial charge in [0, 0.05) is 11.4 Å². The van der Waals surface area contributed by atoms with Crippen molar-refractivity contribution in [3.63, 3.8) is 0 Å². The molecule has 2 amide bonds. The predicted molar refractivity (Wildman–Crippen MR) is 158 cm³/mol. The molecule has 0 unspecified atom stereocenters. The van der Waals surface area contributed by atoms with Crippen LogP contribution < -0.4 is 25.0 Å². The number of rotatable bonds is 14. The first-order valence-corrected chi connectivity index (χ1v) is 13.7. The fraction of sp³-hybridized carbons (Fsp3) is 0.300. The summed E-state index contributed by atoms with van der Waals surface area (Å²) in [7, 11) is 1.56. The molecule has 0 fully saturated rings. The summed E-state index contributed by atoms with van der Waals surface area (Å²) < 4.78 is 16.9. The van der Waals surface area contributed by atoms with Crippen LogP contribution in [0.3, 0.4) is 0 Å². The Bertz CT molecular complexity index is 1300. The van der Waals surface area contributed by atoms with Crippen LogP contribution in [-0.2, 0) is 16.0 Å². The van der Waals surface area contributed by atoms with E-state index in [1.54, 1.807) is 38.3 Å². The van der Waals surface area contributed by atoms with Gasteiger partial charge in [0.25, 0.3) is 11.8 Å².